The maximum absolute atomic E-state index is 11.1. The fourth-order valence-electron chi connectivity index (χ4n) is 4.26. The number of hydrogen-bond donors (Lipinski definition) is 2. The lowest BCUT2D eigenvalue weighted by atomic mass is 10.1. The van der Waals surface area contributed by atoms with Crippen LogP contribution in [0.4, 0.5) is 11.6 Å². The number of aliphatic carboxylic acids is 1. The van der Waals surface area contributed by atoms with Gasteiger partial charge in [0.1, 0.15) is 5.75 Å². The van der Waals surface area contributed by atoms with Crippen molar-refractivity contribution < 1.29 is 14.6 Å². The summed E-state index contributed by atoms with van der Waals surface area (Å²) in [6, 6.07) is 14.8. The standard InChI is InChI=1S/C27H26N6O3/c1-17-13-20(16-29)14-18(2)25(17)36-26-22-7-10-33(12-9-24(34)35)11-8-23(22)31-27(32-26)30-21-5-3-19(15-28)4-6-21/h3-6,13-14H,7-12H2,1-2H3,(H,34,35)(H,30,31,32). The molecule has 0 atom stereocenters. The van der Waals surface area contributed by atoms with Gasteiger partial charge in [0, 0.05) is 37.3 Å². The van der Waals surface area contributed by atoms with Gasteiger partial charge < -0.3 is 20.1 Å². The highest BCUT2D eigenvalue weighted by molar-refractivity contribution is 5.66. The average Bonchev–Trinajstić information content (AvgIpc) is 3.07. The smallest absolute Gasteiger partial charge is 0.304 e. The summed E-state index contributed by atoms with van der Waals surface area (Å²) < 4.78 is 6.39. The zero-order valence-corrected chi connectivity index (χ0v) is 20.2. The summed E-state index contributed by atoms with van der Waals surface area (Å²) in [5.74, 6) is 0.635. The second-order valence-electron chi connectivity index (χ2n) is 8.73. The molecule has 182 valence electrons. The van der Waals surface area contributed by atoms with Crippen LogP contribution in [0.15, 0.2) is 36.4 Å². The molecule has 0 fully saturated rings. The summed E-state index contributed by atoms with van der Waals surface area (Å²) in [6.45, 7) is 5.62. The number of hydrogen-bond acceptors (Lipinski definition) is 8. The molecule has 0 amide bonds. The van der Waals surface area contributed by atoms with Gasteiger partial charge in [-0.3, -0.25) is 4.79 Å². The molecule has 3 aromatic rings. The van der Waals surface area contributed by atoms with Gasteiger partial charge in [-0.05, 0) is 67.8 Å². The molecular weight excluding hydrogens is 456 g/mol. The first-order valence-electron chi connectivity index (χ1n) is 11.7. The Kier molecular flexibility index (Phi) is 7.43. The number of aromatic nitrogens is 2. The molecule has 9 heteroatoms. The van der Waals surface area contributed by atoms with Gasteiger partial charge >= 0.3 is 5.97 Å². The van der Waals surface area contributed by atoms with Crippen LogP contribution in [-0.2, 0) is 17.6 Å². The van der Waals surface area contributed by atoms with Crippen molar-refractivity contribution in [2.45, 2.75) is 33.1 Å². The van der Waals surface area contributed by atoms with E-state index in [1.807, 2.05) is 13.8 Å². The monoisotopic (exact) mass is 482 g/mol. The first-order valence-corrected chi connectivity index (χ1v) is 11.7. The molecule has 2 N–H and O–H groups in total. The summed E-state index contributed by atoms with van der Waals surface area (Å²) in [6.07, 6.45) is 1.33. The molecule has 1 aliphatic heterocycles. The van der Waals surface area contributed by atoms with E-state index in [-0.39, 0.29) is 6.42 Å². The van der Waals surface area contributed by atoms with Crippen molar-refractivity contribution in [2.24, 2.45) is 0 Å². The third kappa shape index (κ3) is 5.77. The minimum absolute atomic E-state index is 0.0838. The largest absolute Gasteiger partial charge is 0.481 e. The predicted octanol–water partition coefficient (Wildman–Crippen LogP) is 4.25. The van der Waals surface area contributed by atoms with E-state index in [9.17, 15) is 10.1 Å². The molecule has 0 saturated heterocycles. The molecular formula is C27H26N6O3. The Morgan fingerprint density at radius 1 is 1.06 bits per heavy atom. The van der Waals surface area contributed by atoms with Crippen LogP contribution >= 0.6 is 0 Å². The van der Waals surface area contributed by atoms with Crippen molar-refractivity contribution in [2.75, 3.05) is 25.0 Å². The number of ether oxygens (including phenoxy) is 1. The fourth-order valence-corrected chi connectivity index (χ4v) is 4.26. The summed E-state index contributed by atoms with van der Waals surface area (Å²) in [7, 11) is 0. The highest BCUT2D eigenvalue weighted by atomic mass is 16.5. The average molecular weight is 483 g/mol. The molecule has 0 aliphatic carbocycles. The highest BCUT2D eigenvalue weighted by Crippen LogP contribution is 2.34. The van der Waals surface area contributed by atoms with Crippen molar-refractivity contribution in [1.29, 1.82) is 10.5 Å². The van der Waals surface area contributed by atoms with Crippen LogP contribution in [0.25, 0.3) is 0 Å². The van der Waals surface area contributed by atoms with Crippen LogP contribution < -0.4 is 10.1 Å². The molecule has 9 nitrogen and oxygen atoms in total. The number of fused-ring (bicyclic) bond motifs is 1. The predicted molar refractivity (Wildman–Crippen MR) is 133 cm³/mol. The Balaban J connectivity index is 1.69. The lowest BCUT2D eigenvalue weighted by molar-refractivity contribution is -0.137. The number of nitrogens with one attached hydrogen (secondary N) is 1. The summed E-state index contributed by atoms with van der Waals surface area (Å²) in [5.41, 5.74) is 5.26. The van der Waals surface area contributed by atoms with Gasteiger partial charge in [0.25, 0.3) is 0 Å². The van der Waals surface area contributed by atoms with Gasteiger partial charge in [-0.25, -0.2) is 4.98 Å². The number of carbonyl (C=O) groups is 1. The first-order chi connectivity index (χ1) is 17.4. The van der Waals surface area contributed by atoms with E-state index in [0.29, 0.717) is 61.2 Å². The van der Waals surface area contributed by atoms with E-state index in [1.54, 1.807) is 36.4 Å². The quantitative estimate of drug-likeness (QED) is 0.506. The summed E-state index contributed by atoms with van der Waals surface area (Å²) in [5, 5.41) is 30.6. The molecule has 1 aliphatic rings. The Labute approximate surface area is 209 Å². The molecule has 0 spiro atoms. The number of rotatable bonds is 7. The third-order valence-electron chi connectivity index (χ3n) is 6.10. The molecule has 0 bridgehead atoms. The maximum Gasteiger partial charge on any atom is 0.304 e. The number of benzene rings is 2. The maximum atomic E-state index is 11.1. The molecule has 0 radical (unpaired) electrons. The van der Waals surface area contributed by atoms with Crippen LogP contribution in [-0.4, -0.2) is 45.6 Å². The number of nitrogens with zero attached hydrogens (tertiary/aromatic N) is 5. The van der Waals surface area contributed by atoms with E-state index in [4.69, 9.17) is 25.1 Å². The van der Waals surface area contributed by atoms with Crippen molar-refractivity contribution in [1.82, 2.24) is 14.9 Å². The van der Waals surface area contributed by atoms with Gasteiger partial charge in [0.2, 0.25) is 11.8 Å². The normalized spacial score (nSPS) is 13.1. The Bertz CT molecular complexity index is 1350. The zero-order chi connectivity index (χ0) is 25.7. The summed E-state index contributed by atoms with van der Waals surface area (Å²) in [4.78, 5) is 22.6. The van der Waals surface area contributed by atoms with E-state index in [2.05, 4.69) is 22.4 Å². The molecule has 36 heavy (non-hydrogen) atoms. The lowest BCUT2D eigenvalue weighted by Crippen LogP contribution is -2.28. The number of anilines is 2. The van der Waals surface area contributed by atoms with E-state index in [1.165, 1.54) is 0 Å². The third-order valence-corrected chi connectivity index (χ3v) is 6.10. The van der Waals surface area contributed by atoms with Crippen LogP contribution in [0.3, 0.4) is 0 Å². The van der Waals surface area contributed by atoms with Gasteiger partial charge in [-0.1, -0.05) is 0 Å². The molecule has 0 saturated carbocycles. The first kappa shape index (κ1) is 24.6. The lowest BCUT2D eigenvalue weighted by Gasteiger charge is -2.18. The molecule has 0 unspecified atom stereocenters. The van der Waals surface area contributed by atoms with E-state index in [0.717, 1.165) is 28.1 Å². The van der Waals surface area contributed by atoms with Crippen molar-refractivity contribution in [3.8, 4) is 23.8 Å². The van der Waals surface area contributed by atoms with Crippen molar-refractivity contribution in [3.63, 3.8) is 0 Å². The van der Waals surface area contributed by atoms with Gasteiger partial charge in [-0.2, -0.15) is 15.5 Å². The van der Waals surface area contributed by atoms with Crippen molar-refractivity contribution in [3.05, 3.63) is 69.9 Å². The van der Waals surface area contributed by atoms with E-state index < -0.39 is 5.97 Å². The van der Waals surface area contributed by atoms with Crippen LogP contribution in [0.2, 0.25) is 0 Å². The molecule has 1 aromatic heterocycles. The zero-order valence-electron chi connectivity index (χ0n) is 20.2. The molecule has 4 rings (SSSR count). The van der Waals surface area contributed by atoms with Crippen molar-refractivity contribution >= 4 is 17.6 Å². The summed E-state index contributed by atoms with van der Waals surface area (Å²) >= 11 is 0. The Morgan fingerprint density at radius 2 is 1.72 bits per heavy atom. The SMILES string of the molecule is Cc1cc(C#N)cc(C)c1Oc1nc(Nc2ccc(C#N)cc2)nc2c1CCN(CCC(=O)O)CC2. The molecule has 2 heterocycles. The van der Waals surface area contributed by atoms with Crippen LogP contribution in [0.1, 0.15) is 39.9 Å². The highest BCUT2D eigenvalue weighted by Gasteiger charge is 2.23. The second-order valence-corrected chi connectivity index (χ2v) is 8.73. The van der Waals surface area contributed by atoms with Gasteiger partial charge in [0.05, 0.1) is 35.4 Å². The fraction of sp³-hybridized carbons (Fsp3) is 0.296. The van der Waals surface area contributed by atoms with Crippen LogP contribution in [0, 0.1) is 36.5 Å². The molecule has 2 aromatic carbocycles. The number of carboxylic acids is 1. The minimum atomic E-state index is -0.818. The Morgan fingerprint density at radius 3 is 2.36 bits per heavy atom. The number of nitriles is 2. The topological polar surface area (TPSA) is 135 Å². The number of aryl methyl sites for hydroxylation is 2. The number of carboxylic acid groups (broad SMARTS) is 1. The Hall–Kier alpha value is -4.47. The van der Waals surface area contributed by atoms with E-state index >= 15 is 0 Å². The minimum Gasteiger partial charge on any atom is -0.481 e. The van der Waals surface area contributed by atoms with Crippen LogP contribution in [0.5, 0.6) is 11.6 Å². The van der Waals surface area contributed by atoms with Gasteiger partial charge in [-0.15, -0.1) is 0 Å². The second kappa shape index (κ2) is 10.9. The van der Waals surface area contributed by atoms with Gasteiger partial charge in [0.15, 0.2) is 0 Å².